The monoisotopic (exact) mass is 625 g/mol. The zero-order valence-electron chi connectivity index (χ0n) is 24.7. The number of ether oxygens (including phenoxy) is 2. The van der Waals surface area contributed by atoms with Gasteiger partial charge in [0.25, 0.3) is 11.8 Å². The molecule has 3 amide bonds. The molecule has 0 heterocycles. The number of thioether (sulfide) groups is 1. The van der Waals surface area contributed by atoms with E-state index in [1.165, 1.54) is 44.2 Å². The largest absolute Gasteiger partial charge is 0.497 e. The molecule has 4 aromatic carbocycles. The second-order valence-electron chi connectivity index (χ2n) is 9.64. The van der Waals surface area contributed by atoms with Gasteiger partial charge in [-0.3, -0.25) is 14.4 Å². The number of aromatic carboxylic acids is 1. The van der Waals surface area contributed by atoms with Crippen LogP contribution in [0.2, 0.25) is 0 Å². The standard InChI is InChI=1S/C34H31N3O7S/c1-21-12-13-24(34(41)42)17-28(21)36-31(38)20-45-27-11-7-10-25(18-27)35-33(40)29(37-32(39)22-8-5-4-6-9-22)16-23-14-15-26(43-2)19-30(23)44-3/h4-19H,20H2,1-3H3,(H,35,40)(H,36,38)(H,37,39)(H,41,42)/b29-16+. The van der Waals surface area contributed by atoms with Crippen molar-refractivity contribution in [1.82, 2.24) is 5.32 Å². The van der Waals surface area contributed by atoms with Gasteiger partial charge < -0.3 is 30.5 Å². The maximum atomic E-state index is 13.5. The lowest BCUT2D eigenvalue weighted by Gasteiger charge is -2.14. The molecule has 10 nitrogen and oxygen atoms in total. The third kappa shape index (κ3) is 8.97. The van der Waals surface area contributed by atoms with Gasteiger partial charge in [0.15, 0.2) is 0 Å². The zero-order valence-corrected chi connectivity index (χ0v) is 25.6. The molecular formula is C34H31N3O7S. The van der Waals surface area contributed by atoms with Crippen molar-refractivity contribution in [2.75, 3.05) is 30.6 Å². The number of amides is 3. The van der Waals surface area contributed by atoms with E-state index in [1.807, 2.05) is 0 Å². The van der Waals surface area contributed by atoms with Crippen LogP contribution >= 0.6 is 11.8 Å². The molecule has 0 atom stereocenters. The van der Waals surface area contributed by atoms with Gasteiger partial charge in [-0.25, -0.2) is 4.79 Å². The van der Waals surface area contributed by atoms with Crippen LogP contribution in [0.4, 0.5) is 11.4 Å². The van der Waals surface area contributed by atoms with E-state index in [-0.39, 0.29) is 22.9 Å². The van der Waals surface area contributed by atoms with Crippen molar-refractivity contribution in [3.05, 3.63) is 119 Å². The average Bonchev–Trinajstić information content (AvgIpc) is 3.05. The summed E-state index contributed by atoms with van der Waals surface area (Å²) in [5, 5.41) is 17.5. The Labute approximate surface area is 264 Å². The van der Waals surface area contributed by atoms with Crippen molar-refractivity contribution in [2.45, 2.75) is 11.8 Å². The molecule has 0 saturated carbocycles. The lowest BCUT2D eigenvalue weighted by molar-refractivity contribution is -0.114. The number of benzene rings is 4. The van der Waals surface area contributed by atoms with Crippen LogP contribution in [0.5, 0.6) is 11.5 Å². The van der Waals surface area contributed by atoms with Crippen molar-refractivity contribution < 1.29 is 33.8 Å². The summed E-state index contributed by atoms with van der Waals surface area (Å²) in [6.07, 6.45) is 1.51. The van der Waals surface area contributed by atoms with Crippen LogP contribution in [0.3, 0.4) is 0 Å². The van der Waals surface area contributed by atoms with Gasteiger partial charge >= 0.3 is 5.97 Å². The molecule has 0 unspecified atom stereocenters. The summed E-state index contributed by atoms with van der Waals surface area (Å²) >= 11 is 1.24. The van der Waals surface area contributed by atoms with Gasteiger partial charge in [-0.15, -0.1) is 11.8 Å². The summed E-state index contributed by atoms with van der Waals surface area (Å²) in [7, 11) is 3.02. The Morgan fingerprint density at radius 3 is 2.31 bits per heavy atom. The van der Waals surface area contributed by atoms with Crippen LogP contribution in [0.25, 0.3) is 6.08 Å². The minimum atomic E-state index is -1.08. The van der Waals surface area contributed by atoms with Gasteiger partial charge in [-0.2, -0.15) is 0 Å². The Kier molecular flexibility index (Phi) is 11.0. The normalized spacial score (nSPS) is 10.9. The number of carboxylic acid groups (broad SMARTS) is 1. The van der Waals surface area contributed by atoms with Crippen molar-refractivity contribution in [3.8, 4) is 11.5 Å². The third-order valence-corrected chi connectivity index (χ3v) is 7.48. The highest BCUT2D eigenvalue weighted by Crippen LogP contribution is 2.27. The molecule has 45 heavy (non-hydrogen) atoms. The van der Waals surface area contributed by atoms with Gasteiger partial charge in [-0.05, 0) is 73.2 Å². The number of hydrogen-bond acceptors (Lipinski definition) is 7. The van der Waals surface area contributed by atoms with Crippen molar-refractivity contribution in [1.29, 1.82) is 0 Å². The first-order chi connectivity index (χ1) is 21.7. The highest BCUT2D eigenvalue weighted by Gasteiger charge is 2.17. The molecule has 4 rings (SSSR count). The van der Waals surface area contributed by atoms with E-state index in [9.17, 15) is 24.3 Å². The first kappa shape index (κ1) is 32.4. The van der Waals surface area contributed by atoms with Gasteiger partial charge in [0.2, 0.25) is 5.91 Å². The molecule has 0 radical (unpaired) electrons. The van der Waals surface area contributed by atoms with Crippen molar-refractivity contribution >= 4 is 52.9 Å². The van der Waals surface area contributed by atoms with E-state index in [0.717, 1.165) is 5.56 Å². The maximum absolute atomic E-state index is 13.5. The number of nitrogens with one attached hydrogen (secondary N) is 3. The van der Waals surface area contributed by atoms with Crippen LogP contribution < -0.4 is 25.4 Å². The third-order valence-electron chi connectivity index (χ3n) is 6.49. The Morgan fingerprint density at radius 2 is 1.60 bits per heavy atom. The molecule has 4 aromatic rings. The fourth-order valence-corrected chi connectivity index (χ4v) is 4.88. The summed E-state index contributed by atoms with van der Waals surface area (Å²) in [4.78, 5) is 51.2. The predicted molar refractivity (Wildman–Crippen MR) is 174 cm³/mol. The number of hydrogen-bond donors (Lipinski definition) is 4. The van der Waals surface area contributed by atoms with Crippen molar-refractivity contribution in [2.24, 2.45) is 0 Å². The summed E-state index contributed by atoms with van der Waals surface area (Å²) < 4.78 is 10.7. The number of methoxy groups -OCH3 is 2. The lowest BCUT2D eigenvalue weighted by atomic mass is 10.1. The fraction of sp³-hybridized carbons (Fsp3) is 0.118. The number of aryl methyl sites for hydroxylation is 1. The Balaban J connectivity index is 1.50. The van der Waals surface area contributed by atoms with E-state index in [4.69, 9.17) is 9.47 Å². The van der Waals surface area contributed by atoms with Crippen LogP contribution in [0.1, 0.15) is 31.8 Å². The summed E-state index contributed by atoms with van der Waals surface area (Å²) in [5.41, 5.74) is 2.56. The molecule has 4 N–H and O–H groups in total. The average molecular weight is 626 g/mol. The minimum absolute atomic E-state index is 0.0243. The number of rotatable bonds is 12. The van der Waals surface area contributed by atoms with E-state index >= 15 is 0 Å². The quantitative estimate of drug-likeness (QED) is 0.113. The molecule has 0 saturated heterocycles. The molecule has 0 spiro atoms. The first-order valence-electron chi connectivity index (χ1n) is 13.6. The summed E-state index contributed by atoms with van der Waals surface area (Å²) in [6.45, 7) is 1.77. The Hall–Kier alpha value is -5.55. The molecule has 11 heteroatoms. The number of carbonyl (C=O) groups is 4. The molecule has 230 valence electrons. The predicted octanol–water partition coefficient (Wildman–Crippen LogP) is 5.85. The van der Waals surface area contributed by atoms with E-state index in [0.29, 0.717) is 38.9 Å². The van der Waals surface area contributed by atoms with E-state index in [1.54, 1.807) is 85.8 Å². The van der Waals surface area contributed by atoms with Crippen LogP contribution in [-0.2, 0) is 9.59 Å². The highest BCUT2D eigenvalue weighted by atomic mass is 32.2. The SMILES string of the molecule is COc1ccc(/C=C(/NC(=O)c2ccccc2)C(=O)Nc2cccc(SCC(=O)Nc3cc(C(=O)O)ccc3C)c2)c(OC)c1. The Bertz CT molecular complexity index is 1760. The molecule has 0 aliphatic rings. The highest BCUT2D eigenvalue weighted by molar-refractivity contribution is 8.00. The van der Waals surface area contributed by atoms with Crippen LogP contribution in [0.15, 0.2) is 102 Å². The topological polar surface area (TPSA) is 143 Å². The van der Waals surface area contributed by atoms with Crippen molar-refractivity contribution in [3.63, 3.8) is 0 Å². The Morgan fingerprint density at radius 1 is 0.822 bits per heavy atom. The number of carboxylic acids is 1. The van der Waals surface area contributed by atoms with Crippen LogP contribution in [0, 0.1) is 6.92 Å². The second-order valence-corrected chi connectivity index (χ2v) is 10.7. The number of anilines is 2. The summed E-state index contributed by atoms with van der Waals surface area (Å²) in [6, 6.07) is 25.0. The van der Waals surface area contributed by atoms with Gasteiger partial charge in [0.1, 0.15) is 17.2 Å². The van der Waals surface area contributed by atoms with Gasteiger partial charge in [-0.1, -0.05) is 30.3 Å². The minimum Gasteiger partial charge on any atom is -0.497 e. The smallest absolute Gasteiger partial charge is 0.335 e. The van der Waals surface area contributed by atoms with E-state index in [2.05, 4.69) is 16.0 Å². The maximum Gasteiger partial charge on any atom is 0.335 e. The molecule has 0 aliphatic carbocycles. The molecular weight excluding hydrogens is 594 g/mol. The van der Waals surface area contributed by atoms with Gasteiger partial charge in [0.05, 0.1) is 25.5 Å². The molecule has 0 aromatic heterocycles. The summed E-state index contributed by atoms with van der Waals surface area (Å²) in [5.74, 6) is -1.40. The second kappa shape index (κ2) is 15.3. The fourth-order valence-electron chi connectivity index (χ4n) is 4.12. The zero-order chi connectivity index (χ0) is 32.3. The van der Waals surface area contributed by atoms with E-state index < -0.39 is 17.8 Å². The van der Waals surface area contributed by atoms with Gasteiger partial charge in [0, 0.05) is 33.5 Å². The molecule has 0 bridgehead atoms. The molecule has 0 aliphatic heterocycles. The molecule has 0 fully saturated rings. The lowest BCUT2D eigenvalue weighted by Crippen LogP contribution is -2.30. The van der Waals surface area contributed by atoms with Crippen LogP contribution in [-0.4, -0.2) is 48.8 Å². The number of carbonyl (C=O) groups excluding carboxylic acids is 3. The first-order valence-corrected chi connectivity index (χ1v) is 14.6.